The van der Waals surface area contributed by atoms with Crippen molar-refractivity contribution in [3.63, 3.8) is 0 Å². The highest BCUT2D eigenvalue weighted by Crippen LogP contribution is 2.55. The maximum atomic E-state index is 14.5. The molecule has 1 aliphatic heterocycles. The highest BCUT2D eigenvalue weighted by atomic mass is 31.2. The van der Waals surface area contributed by atoms with Crippen LogP contribution in [-0.2, 0) is 27.7 Å². The third-order valence-electron chi connectivity index (χ3n) is 6.39. The number of rotatable bonds is 12. The molecule has 0 fully saturated rings. The molecule has 0 N–H and O–H groups in total. The van der Waals surface area contributed by atoms with Gasteiger partial charge in [-0.05, 0) is 90.1 Å². The van der Waals surface area contributed by atoms with E-state index in [9.17, 15) is 18.7 Å². The molecule has 0 aliphatic carbocycles. The first-order valence-electron chi connectivity index (χ1n) is 16.5. The van der Waals surface area contributed by atoms with Gasteiger partial charge in [-0.3, -0.25) is 0 Å². The fourth-order valence-corrected chi connectivity index (χ4v) is 6.77. The van der Waals surface area contributed by atoms with Crippen LogP contribution in [0, 0.1) is 0 Å². The third kappa shape index (κ3) is 11.6. The van der Waals surface area contributed by atoms with Crippen LogP contribution in [0.5, 0.6) is 23.0 Å². The van der Waals surface area contributed by atoms with E-state index < -0.39 is 50.8 Å². The van der Waals surface area contributed by atoms with Crippen molar-refractivity contribution >= 4 is 27.8 Å². The maximum Gasteiger partial charge on any atom is 0.648 e. The van der Waals surface area contributed by atoms with Crippen molar-refractivity contribution in [1.29, 1.82) is 0 Å². The second kappa shape index (κ2) is 16.4. The van der Waals surface area contributed by atoms with Gasteiger partial charge in [0.15, 0.2) is 0 Å². The van der Waals surface area contributed by atoms with Crippen LogP contribution in [0.15, 0.2) is 145 Å². The van der Waals surface area contributed by atoms with Crippen LogP contribution in [0.2, 0.25) is 0 Å². The first-order valence-corrected chi connectivity index (χ1v) is 19.5. The number of benzene rings is 4. The predicted molar refractivity (Wildman–Crippen MR) is 198 cm³/mol. The van der Waals surface area contributed by atoms with Crippen molar-refractivity contribution in [3.05, 3.63) is 145 Å². The maximum absolute atomic E-state index is 14.5. The lowest BCUT2D eigenvalue weighted by atomic mass is 10.2. The average molecular weight is 779 g/mol. The summed E-state index contributed by atoms with van der Waals surface area (Å²) >= 11 is 0. The highest BCUT2D eigenvalue weighted by Gasteiger charge is 2.44. The Morgan fingerprint density at radius 3 is 0.889 bits per heavy atom. The summed E-state index contributed by atoms with van der Waals surface area (Å²) < 4.78 is 75.3. The van der Waals surface area contributed by atoms with Crippen LogP contribution in [0.4, 0.5) is 9.59 Å². The normalized spacial score (nSPS) is 13.4. The van der Waals surface area contributed by atoms with Gasteiger partial charge in [0.1, 0.15) is 34.2 Å². The molecular formula is C38H40N2O12P2. The Morgan fingerprint density at radius 2 is 0.667 bits per heavy atom. The smallest absolute Gasteiger partial charge is 0.443 e. The zero-order valence-corrected chi connectivity index (χ0v) is 32.2. The van der Waals surface area contributed by atoms with Crippen LogP contribution in [0.3, 0.4) is 0 Å². The number of hydrogen-bond donors (Lipinski definition) is 0. The molecule has 54 heavy (non-hydrogen) atoms. The topological polar surface area (TPSA) is 149 Å². The summed E-state index contributed by atoms with van der Waals surface area (Å²) in [6, 6.07) is 32.1. The Balaban J connectivity index is 1.62. The molecule has 4 aromatic rings. The summed E-state index contributed by atoms with van der Waals surface area (Å²) in [7, 11) is -9.56. The molecule has 0 radical (unpaired) electrons. The van der Waals surface area contributed by atoms with Crippen LogP contribution in [0.25, 0.3) is 0 Å². The zero-order valence-electron chi connectivity index (χ0n) is 30.4. The molecular weight excluding hydrogens is 738 g/mol. The molecule has 1 heterocycles. The van der Waals surface area contributed by atoms with Gasteiger partial charge < -0.3 is 36.6 Å². The monoisotopic (exact) mass is 778 g/mol. The summed E-state index contributed by atoms with van der Waals surface area (Å²) in [4.78, 5) is 29.2. The van der Waals surface area contributed by atoms with Gasteiger partial charge in [0.05, 0.1) is 12.4 Å². The van der Waals surface area contributed by atoms with E-state index in [1.165, 1.54) is 48.5 Å². The minimum absolute atomic E-state index is 0.0950. The van der Waals surface area contributed by atoms with Gasteiger partial charge >= 0.3 is 27.8 Å². The van der Waals surface area contributed by atoms with Gasteiger partial charge in [-0.15, -0.1) is 0 Å². The van der Waals surface area contributed by atoms with Gasteiger partial charge in [0, 0.05) is 0 Å². The number of para-hydroxylation sites is 4. The van der Waals surface area contributed by atoms with E-state index in [2.05, 4.69) is 0 Å². The predicted octanol–water partition coefficient (Wildman–Crippen LogP) is 10.6. The third-order valence-corrected chi connectivity index (χ3v) is 8.95. The summed E-state index contributed by atoms with van der Waals surface area (Å²) in [6.07, 6.45) is -0.351. The summed E-state index contributed by atoms with van der Waals surface area (Å²) in [5.74, 6) is -0.814. The fraction of sp³-hybridized carbons (Fsp3) is 0.211. The number of phosphoric ester groups is 2. The van der Waals surface area contributed by atoms with Gasteiger partial charge in [-0.1, -0.05) is 72.8 Å². The standard InChI is InChI=1S/C38H40N2O12P2/c1-37(2,3)45-35(41)39-27-34(52-54(44,49-31-23-15-9-16-24-31)50-32-25-17-10-18-26-32)40(36(42)46-38(4,5)6)28-33(39)51-53(43,47-29-19-11-7-12-20-29)48-30-21-13-8-14-22-30/h7-28H,1-6H3. The van der Waals surface area contributed by atoms with Gasteiger partial charge in [0.25, 0.3) is 0 Å². The number of nitrogens with zero attached hydrogens (tertiary/aromatic N) is 2. The van der Waals surface area contributed by atoms with Gasteiger partial charge in [-0.2, -0.15) is 9.13 Å². The largest absolute Gasteiger partial charge is 0.648 e. The first-order chi connectivity index (χ1) is 25.5. The lowest BCUT2D eigenvalue weighted by molar-refractivity contribution is 0.0178. The van der Waals surface area contributed by atoms with E-state index in [0.717, 1.165) is 22.2 Å². The molecule has 0 unspecified atom stereocenters. The zero-order chi connectivity index (χ0) is 39.0. The number of amides is 2. The molecule has 0 saturated heterocycles. The van der Waals surface area contributed by atoms with Crippen LogP contribution >= 0.6 is 15.6 Å². The van der Waals surface area contributed by atoms with Crippen molar-refractivity contribution in [2.45, 2.75) is 52.7 Å². The second-order valence-corrected chi connectivity index (χ2v) is 16.2. The lowest BCUT2D eigenvalue weighted by Gasteiger charge is -2.34. The van der Waals surface area contributed by atoms with Crippen molar-refractivity contribution < 1.29 is 55.3 Å². The van der Waals surface area contributed by atoms with E-state index in [-0.39, 0.29) is 23.0 Å². The van der Waals surface area contributed by atoms with E-state index in [4.69, 9.17) is 36.6 Å². The molecule has 0 aromatic heterocycles. The minimum Gasteiger partial charge on any atom is -0.443 e. The van der Waals surface area contributed by atoms with Crippen LogP contribution < -0.4 is 18.1 Å². The fourth-order valence-electron chi connectivity index (χ4n) is 4.30. The van der Waals surface area contributed by atoms with E-state index >= 15 is 0 Å². The van der Waals surface area contributed by atoms with Crippen LogP contribution in [-0.4, -0.2) is 33.2 Å². The summed E-state index contributed by atoms with van der Waals surface area (Å²) in [5, 5.41) is 0. The van der Waals surface area contributed by atoms with Crippen molar-refractivity contribution in [1.82, 2.24) is 9.80 Å². The minimum atomic E-state index is -4.78. The van der Waals surface area contributed by atoms with Gasteiger partial charge in [0.2, 0.25) is 11.8 Å². The molecule has 0 saturated carbocycles. The molecule has 4 aromatic carbocycles. The SMILES string of the molecule is CC(C)(C)OC(=O)N1C=C(OP(=O)(Oc2ccccc2)Oc2ccccc2)N(C(=O)OC(C)(C)C)C=C1OP(=O)(Oc1ccccc1)Oc1ccccc1. The molecule has 284 valence electrons. The summed E-state index contributed by atoms with van der Waals surface area (Å²) in [6.45, 7) is 9.69. The quantitative estimate of drug-likeness (QED) is 0.126. The average Bonchev–Trinajstić information content (AvgIpc) is 3.08. The highest BCUT2D eigenvalue weighted by molar-refractivity contribution is 7.49. The Labute approximate surface area is 313 Å². The second-order valence-electron chi connectivity index (χ2n) is 13.3. The van der Waals surface area contributed by atoms with Crippen LogP contribution in [0.1, 0.15) is 41.5 Å². The molecule has 14 nitrogen and oxygen atoms in total. The molecule has 2 amide bonds. The molecule has 5 rings (SSSR count). The lowest BCUT2D eigenvalue weighted by Crippen LogP contribution is -2.41. The number of ether oxygens (including phenoxy) is 2. The molecule has 0 atom stereocenters. The summed E-state index contributed by atoms with van der Waals surface area (Å²) in [5.41, 5.74) is -2.13. The van der Waals surface area contributed by atoms with E-state index in [1.54, 1.807) is 114 Å². The number of phosphoric acid groups is 2. The van der Waals surface area contributed by atoms with Gasteiger partial charge in [-0.25, -0.2) is 19.4 Å². The van der Waals surface area contributed by atoms with E-state index in [1.807, 2.05) is 0 Å². The Hall–Kier alpha value is -5.84. The van der Waals surface area contributed by atoms with Crippen molar-refractivity contribution in [3.8, 4) is 23.0 Å². The molecule has 0 bridgehead atoms. The Kier molecular flexibility index (Phi) is 12.0. The Bertz CT molecular complexity index is 1810. The van der Waals surface area contributed by atoms with Crippen molar-refractivity contribution in [2.24, 2.45) is 0 Å². The number of carbonyl (C=O) groups excluding carboxylic acids is 2. The molecule has 0 spiro atoms. The molecule has 16 heteroatoms. The van der Waals surface area contributed by atoms with E-state index in [0.29, 0.717) is 0 Å². The Morgan fingerprint density at radius 1 is 0.426 bits per heavy atom. The number of hydrogen-bond acceptors (Lipinski definition) is 12. The number of carbonyl (C=O) groups is 2. The molecule has 1 aliphatic rings. The first kappa shape index (κ1) is 39.4. The van der Waals surface area contributed by atoms with Crippen molar-refractivity contribution in [2.75, 3.05) is 0 Å².